The quantitative estimate of drug-likeness (QED) is 0.696. The molecule has 0 unspecified atom stereocenters. The average molecular weight is 389 g/mol. The smallest absolute Gasteiger partial charge is 0.317 e. The van der Waals surface area contributed by atoms with Crippen molar-refractivity contribution < 1.29 is 14.3 Å². The second-order valence-corrected chi connectivity index (χ2v) is 7.53. The molecule has 2 fully saturated rings. The van der Waals surface area contributed by atoms with E-state index in [0.717, 1.165) is 58.8 Å². The summed E-state index contributed by atoms with van der Waals surface area (Å²) in [5.41, 5.74) is 0.632. The fraction of sp³-hybridized carbons (Fsp3) is 0.619. The van der Waals surface area contributed by atoms with E-state index in [1.165, 1.54) is 6.42 Å². The van der Waals surface area contributed by atoms with Gasteiger partial charge in [-0.05, 0) is 43.9 Å². The molecule has 0 atom stereocenters. The number of hydrogen-bond acceptors (Lipinski definition) is 4. The monoisotopic (exact) mass is 388 g/mol. The fourth-order valence-electron chi connectivity index (χ4n) is 3.76. The number of nitrogens with zero attached hydrogens (tertiary/aromatic N) is 2. The first-order valence-corrected chi connectivity index (χ1v) is 10.4. The minimum absolute atomic E-state index is 0.0272. The third kappa shape index (κ3) is 6.49. The van der Waals surface area contributed by atoms with Crippen LogP contribution in [0, 0.1) is 5.92 Å². The highest BCUT2D eigenvalue weighted by Crippen LogP contribution is 2.21. The van der Waals surface area contributed by atoms with Crippen LogP contribution in [-0.2, 0) is 4.74 Å². The van der Waals surface area contributed by atoms with Crippen LogP contribution in [0.1, 0.15) is 29.6 Å². The number of rotatable bonds is 7. The van der Waals surface area contributed by atoms with Crippen molar-refractivity contribution in [1.29, 1.82) is 0 Å². The molecule has 0 spiro atoms. The maximum atomic E-state index is 12.3. The molecule has 2 saturated heterocycles. The molecule has 0 radical (unpaired) electrons. The molecule has 0 aromatic heterocycles. The van der Waals surface area contributed by atoms with Crippen LogP contribution in [0.2, 0.25) is 0 Å². The van der Waals surface area contributed by atoms with Crippen LogP contribution in [0.15, 0.2) is 30.3 Å². The molecular formula is C21H32N4O3. The zero-order valence-electron chi connectivity index (χ0n) is 16.6. The maximum absolute atomic E-state index is 12.3. The number of morpholine rings is 1. The van der Waals surface area contributed by atoms with Crippen molar-refractivity contribution in [3.8, 4) is 0 Å². The van der Waals surface area contributed by atoms with E-state index in [9.17, 15) is 9.59 Å². The van der Waals surface area contributed by atoms with Crippen molar-refractivity contribution in [2.75, 3.05) is 59.0 Å². The van der Waals surface area contributed by atoms with Crippen LogP contribution < -0.4 is 10.6 Å². The Labute approximate surface area is 167 Å². The zero-order chi connectivity index (χ0) is 19.6. The van der Waals surface area contributed by atoms with E-state index in [1.807, 2.05) is 23.1 Å². The summed E-state index contributed by atoms with van der Waals surface area (Å²) in [4.78, 5) is 28.6. The molecule has 2 aliphatic rings. The first kappa shape index (κ1) is 20.6. The van der Waals surface area contributed by atoms with Gasteiger partial charge in [-0.25, -0.2) is 4.79 Å². The first-order chi connectivity index (χ1) is 13.7. The van der Waals surface area contributed by atoms with Gasteiger partial charge >= 0.3 is 6.03 Å². The van der Waals surface area contributed by atoms with Crippen molar-refractivity contribution >= 4 is 11.9 Å². The number of benzene rings is 1. The number of carbonyl (C=O) groups excluding carboxylic acids is 2. The molecule has 3 amide bonds. The third-order valence-corrected chi connectivity index (χ3v) is 5.58. The van der Waals surface area contributed by atoms with Gasteiger partial charge in [-0.15, -0.1) is 0 Å². The Bertz CT molecular complexity index is 611. The first-order valence-electron chi connectivity index (χ1n) is 10.4. The number of piperidine rings is 1. The molecule has 154 valence electrons. The van der Waals surface area contributed by atoms with Gasteiger partial charge in [-0.3, -0.25) is 9.69 Å². The van der Waals surface area contributed by atoms with E-state index in [4.69, 9.17) is 4.74 Å². The molecule has 28 heavy (non-hydrogen) atoms. The van der Waals surface area contributed by atoms with E-state index in [1.54, 1.807) is 12.1 Å². The summed E-state index contributed by atoms with van der Waals surface area (Å²) in [7, 11) is 0. The van der Waals surface area contributed by atoms with Crippen LogP contribution in [0.25, 0.3) is 0 Å². The summed E-state index contributed by atoms with van der Waals surface area (Å²) in [6.07, 6.45) is 3.35. The number of urea groups is 1. The van der Waals surface area contributed by atoms with Gasteiger partial charge in [0.2, 0.25) is 0 Å². The lowest BCUT2D eigenvalue weighted by Crippen LogP contribution is -2.46. The predicted molar refractivity (Wildman–Crippen MR) is 108 cm³/mol. The minimum Gasteiger partial charge on any atom is -0.379 e. The van der Waals surface area contributed by atoms with Gasteiger partial charge in [0.1, 0.15) is 0 Å². The van der Waals surface area contributed by atoms with E-state index >= 15 is 0 Å². The SMILES string of the molecule is O=C(NCCNC(=O)N1CCC(CCN2CCOCC2)CC1)c1ccccc1. The highest BCUT2D eigenvalue weighted by atomic mass is 16.5. The highest BCUT2D eigenvalue weighted by Gasteiger charge is 2.23. The summed E-state index contributed by atoms with van der Waals surface area (Å²) >= 11 is 0. The fourth-order valence-corrected chi connectivity index (χ4v) is 3.76. The Morgan fingerprint density at radius 1 is 0.964 bits per heavy atom. The van der Waals surface area contributed by atoms with Crippen LogP contribution >= 0.6 is 0 Å². The molecular weight excluding hydrogens is 356 g/mol. The Morgan fingerprint density at radius 3 is 2.36 bits per heavy atom. The topological polar surface area (TPSA) is 73.9 Å². The Balaban J connectivity index is 1.26. The van der Waals surface area contributed by atoms with E-state index in [2.05, 4.69) is 15.5 Å². The molecule has 7 heteroatoms. The Kier molecular flexibility index (Phi) is 8.11. The number of carbonyl (C=O) groups is 2. The third-order valence-electron chi connectivity index (χ3n) is 5.58. The molecule has 1 aromatic carbocycles. The van der Waals surface area contributed by atoms with Crippen LogP contribution in [0.4, 0.5) is 4.79 Å². The molecule has 0 aliphatic carbocycles. The van der Waals surface area contributed by atoms with Crippen molar-refractivity contribution in [1.82, 2.24) is 20.4 Å². The van der Waals surface area contributed by atoms with Crippen LogP contribution in [0.3, 0.4) is 0 Å². The lowest BCUT2D eigenvalue weighted by atomic mass is 9.93. The van der Waals surface area contributed by atoms with Crippen molar-refractivity contribution in [3.63, 3.8) is 0 Å². The second kappa shape index (κ2) is 11.0. The lowest BCUT2D eigenvalue weighted by molar-refractivity contribution is 0.0339. The van der Waals surface area contributed by atoms with Gasteiger partial charge in [0.25, 0.3) is 5.91 Å². The highest BCUT2D eigenvalue weighted by molar-refractivity contribution is 5.94. The molecule has 0 saturated carbocycles. The predicted octanol–water partition coefficient (Wildman–Crippen LogP) is 1.56. The maximum Gasteiger partial charge on any atom is 0.317 e. The van der Waals surface area contributed by atoms with Crippen LogP contribution in [-0.4, -0.2) is 80.8 Å². The summed E-state index contributed by atoms with van der Waals surface area (Å²) < 4.78 is 5.39. The number of hydrogen-bond donors (Lipinski definition) is 2. The molecule has 7 nitrogen and oxygen atoms in total. The van der Waals surface area contributed by atoms with E-state index in [-0.39, 0.29) is 11.9 Å². The summed E-state index contributed by atoms with van der Waals surface area (Å²) in [5, 5.41) is 5.73. The van der Waals surface area contributed by atoms with Crippen molar-refractivity contribution in [2.24, 2.45) is 5.92 Å². The normalized spacial score (nSPS) is 18.6. The standard InChI is InChI=1S/C21H32N4O3/c26-20(19-4-2-1-3-5-19)22-9-10-23-21(27)25-12-7-18(8-13-25)6-11-24-14-16-28-17-15-24/h1-5,18H,6-17H2,(H,22,26)(H,23,27). The second-order valence-electron chi connectivity index (χ2n) is 7.53. The Morgan fingerprint density at radius 2 is 1.64 bits per heavy atom. The number of likely N-dealkylation sites (tertiary alicyclic amines) is 1. The molecule has 2 N–H and O–H groups in total. The van der Waals surface area contributed by atoms with Gasteiger partial charge in [0, 0.05) is 44.8 Å². The molecule has 2 heterocycles. The largest absolute Gasteiger partial charge is 0.379 e. The van der Waals surface area contributed by atoms with Gasteiger partial charge < -0.3 is 20.3 Å². The van der Waals surface area contributed by atoms with Gasteiger partial charge in [0.15, 0.2) is 0 Å². The average Bonchev–Trinajstić information content (AvgIpc) is 2.76. The lowest BCUT2D eigenvalue weighted by Gasteiger charge is -2.34. The molecule has 2 aliphatic heterocycles. The molecule has 0 bridgehead atoms. The molecule has 3 rings (SSSR count). The van der Waals surface area contributed by atoms with Crippen molar-refractivity contribution in [2.45, 2.75) is 19.3 Å². The Hall–Kier alpha value is -2.12. The van der Waals surface area contributed by atoms with Crippen molar-refractivity contribution in [3.05, 3.63) is 35.9 Å². The minimum atomic E-state index is -0.115. The molecule has 1 aromatic rings. The van der Waals surface area contributed by atoms with Gasteiger partial charge in [0.05, 0.1) is 13.2 Å². The zero-order valence-corrected chi connectivity index (χ0v) is 16.6. The van der Waals surface area contributed by atoms with Crippen LogP contribution in [0.5, 0.6) is 0 Å². The van der Waals surface area contributed by atoms with E-state index in [0.29, 0.717) is 24.6 Å². The van der Waals surface area contributed by atoms with Gasteiger partial charge in [-0.2, -0.15) is 0 Å². The summed E-state index contributed by atoms with van der Waals surface area (Å²) in [6, 6.07) is 9.07. The van der Waals surface area contributed by atoms with E-state index < -0.39 is 0 Å². The van der Waals surface area contributed by atoms with Gasteiger partial charge in [-0.1, -0.05) is 18.2 Å². The summed E-state index contributed by atoms with van der Waals surface area (Å²) in [6.45, 7) is 7.43. The summed E-state index contributed by atoms with van der Waals surface area (Å²) in [5.74, 6) is 0.591. The number of amides is 3. The number of ether oxygens (including phenoxy) is 1. The number of nitrogens with one attached hydrogen (secondary N) is 2.